The Labute approximate surface area is 129 Å². The lowest BCUT2D eigenvalue weighted by molar-refractivity contribution is -0.137. The predicted molar refractivity (Wildman–Crippen MR) is 78.4 cm³/mol. The molecule has 1 unspecified atom stereocenters. The van der Waals surface area contributed by atoms with E-state index in [1.807, 2.05) is 4.90 Å². The van der Waals surface area contributed by atoms with E-state index in [4.69, 9.17) is 21.1 Å². The normalized spacial score (nSPS) is 23.3. The summed E-state index contributed by atoms with van der Waals surface area (Å²) in [6.45, 7) is 2.77. The molecule has 2 saturated heterocycles. The lowest BCUT2D eigenvalue weighted by Crippen LogP contribution is -2.38. The van der Waals surface area contributed by atoms with Crippen molar-refractivity contribution in [1.82, 2.24) is 9.88 Å². The lowest BCUT2D eigenvalue weighted by atomic mass is 9.99. The molecule has 21 heavy (non-hydrogen) atoms. The molecule has 3 rings (SSSR count). The molecule has 0 radical (unpaired) electrons. The molecule has 5 nitrogen and oxygen atoms in total. The third-order valence-electron chi connectivity index (χ3n) is 4.06. The Bertz CT molecular complexity index is 505. The number of hydrogen-bond acceptors (Lipinski definition) is 4. The number of carbonyl (C=O) groups excluding carboxylic acids is 1. The Morgan fingerprint density at radius 3 is 2.95 bits per heavy atom. The van der Waals surface area contributed by atoms with Gasteiger partial charge >= 0.3 is 0 Å². The molecular formula is C15H19ClN2O3. The quantitative estimate of drug-likeness (QED) is 0.858. The largest absolute Gasteiger partial charge is 0.487 e. The Balaban J connectivity index is 1.55. The molecule has 0 saturated carbocycles. The van der Waals surface area contributed by atoms with Crippen LogP contribution in [0.4, 0.5) is 0 Å². The fraction of sp³-hybridized carbons (Fsp3) is 0.600. The first-order valence-electron chi connectivity index (χ1n) is 7.37. The van der Waals surface area contributed by atoms with Gasteiger partial charge in [-0.25, -0.2) is 0 Å². The van der Waals surface area contributed by atoms with Crippen molar-refractivity contribution in [2.75, 3.05) is 26.3 Å². The minimum Gasteiger partial charge on any atom is -0.487 e. The van der Waals surface area contributed by atoms with E-state index in [0.29, 0.717) is 30.5 Å². The molecule has 6 heteroatoms. The third kappa shape index (κ3) is 3.47. The molecule has 0 bridgehead atoms. The van der Waals surface area contributed by atoms with Gasteiger partial charge in [-0.05, 0) is 12.8 Å². The van der Waals surface area contributed by atoms with E-state index in [-0.39, 0.29) is 17.9 Å². The van der Waals surface area contributed by atoms with Crippen molar-refractivity contribution in [3.63, 3.8) is 0 Å². The average molecular weight is 311 g/mol. The van der Waals surface area contributed by atoms with Gasteiger partial charge < -0.3 is 14.4 Å². The molecule has 2 fully saturated rings. The number of aromatic nitrogens is 1. The van der Waals surface area contributed by atoms with Crippen molar-refractivity contribution in [2.24, 2.45) is 5.92 Å². The second-order valence-corrected chi connectivity index (χ2v) is 5.91. The van der Waals surface area contributed by atoms with Gasteiger partial charge in [0.25, 0.3) is 0 Å². The highest BCUT2D eigenvalue weighted by molar-refractivity contribution is 6.31. The monoisotopic (exact) mass is 310 g/mol. The summed E-state index contributed by atoms with van der Waals surface area (Å²) in [5.41, 5.74) is 0. The van der Waals surface area contributed by atoms with E-state index < -0.39 is 0 Å². The van der Waals surface area contributed by atoms with Crippen molar-refractivity contribution < 1.29 is 14.3 Å². The molecule has 114 valence electrons. The SMILES string of the molecule is O=C(C1CCOCC1)N1CCC(Oc2ccncc2Cl)C1. The number of amides is 1. The summed E-state index contributed by atoms with van der Waals surface area (Å²) in [5, 5.41) is 0.506. The number of halogens is 1. The van der Waals surface area contributed by atoms with Crippen LogP contribution < -0.4 is 4.74 Å². The fourth-order valence-corrected chi connectivity index (χ4v) is 3.03. The Hall–Kier alpha value is -1.33. The first kappa shape index (κ1) is 14.6. The highest BCUT2D eigenvalue weighted by Gasteiger charge is 2.32. The van der Waals surface area contributed by atoms with E-state index in [2.05, 4.69) is 4.98 Å². The van der Waals surface area contributed by atoms with Crippen LogP contribution in [0.15, 0.2) is 18.5 Å². The summed E-state index contributed by atoms with van der Waals surface area (Å²) in [5.74, 6) is 0.990. The highest BCUT2D eigenvalue weighted by atomic mass is 35.5. The summed E-state index contributed by atoms with van der Waals surface area (Å²) >= 11 is 6.04. The average Bonchev–Trinajstić information content (AvgIpc) is 2.98. The van der Waals surface area contributed by atoms with E-state index in [9.17, 15) is 4.79 Å². The van der Waals surface area contributed by atoms with Crippen LogP contribution in [-0.2, 0) is 9.53 Å². The van der Waals surface area contributed by atoms with E-state index in [1.165, 1.54) is 0 Å². The Kier molecular flexibility index (Phi) is 4.60. The molecule has 1 aromatic rings. The van der Waals surface area contributed by atoms with Gasteiger partial charge in [-0.2, -0.15) is 0 Å². The van der Waals surface area contributed by atoms with Crippen molar-refractivity contribution in [2.45, 2.75) is 25.4 Å². The van der Waals surface area contributed by atoms with Crippen LogP contribution in [0.1, 0.15) is 19.3 Å². The zero-order chi connectivity index (χ0) is 14.7. The van der Waals surface area contributed by atoms with Crippen LogP contribution in [0.25, 0.3) is 0 Å². The minimum absolute atomic E-state index is 0.00805. The summed E-state index contributed by atoms with van der Waals surface area (Å²) < 4.78 is 11.2. The second-order valence-electron chi connectivity index (χ2n) is 5.51. The summed E-state index contributed by atoms with van der Waals surface area (Å²) in [6.07, 6.45) is 5.73. The molecule has 2 aliphatic rings. The Morgan fingerprint density at radius 2 is 2.19 bits per heavy atom. The van der Waals surface area contributed by atoms with Gasteiger partial charge in [0.05, 0.1) is 6.54 Å². The van der Waals surface area contributed by atoms with Crippen LogP contribution in [0, 0.1) is 5.92 Å². The van der Waals surface area contributed by atoms with Gasteiger partial charge in [0.1, 0.15) is 16.9 Å². The van der Waals surface area contributed by atoms with Crippen molar-refractivity contribution in [1.29, 1.82) is 0 Å². The zero-order valence-electron chi connectivity index (χ0n) is 11.8. The van der Waals surface area contributed by atoms with Crippen LogP contribution in [0.5, 0.6) is 5.75 Å². The van der Waals surface area contributed by atoms with Crippen LogP contribution in [-0.4, -0.2) is 48.2 Å². The van der Waals surface area contributed by atoms with Crippen LogP contribution in [0.2, 0.25) is 5.02 Å². The number of ether oxygens (including phenoxy) is 2. The number of carbonyl (C=O) groups is 1. The smallest absolute Gasteiger partial charge is 0.225 e. The van der Waals surface area contributed by atoms with Crippen molar-refractivity contribution in [3.05, 3.63) is 23.5 Å². The topological polar surface area (TPSA) is 51.7 Å². The lowest BCUT2D eigenvalue weighted by Gasteiger charge is -2.26. The minimum atomic E-state index is 0.00805. The predicted octanol–water partition coefficient (Wildman–Crippen LogP) is 2.14. The molecule has 0 aliphatic carbocycles. The number of pyridine rings is 1. The van der Waals surface area contributed by atoms with Gasteiger partial charge in [-0.1, -0.05) is 11.6 Å². The van der Waals surface area contributed by atoms with Gasteiger partial charge in [0.15, 0.2) is 0 Å². The Morgan fingerprint density at radius 1 is 1.38 bits per heavy atom. The molecule has 1 amide bonds. The first-order valence-corrected chi connectivity index (χ1v) is 7.74. The van der Waals surface area contributed by atoms with Gasteiger partial charge in [0, 0.05) is 50.6 Å². The number of likely N-dealkylation sites (tertiary alicyclic amines) is 1. The highest BCUT2D eigenvalue weighted by Crippen LogP contribution is 2.27. The number of hydrogen-bond donors (Lipinski definition) is 0. The molecule has 1 aromatic heterocycles. The summed E-state index contributed by atoms with van der Waals surface area (Å²) in [7, 11) is 0. The number of nitrogens with zero attached hydrogens (tertiary/aromatic N) is 2. The maximum atomic E-state index is 12.4. The summed E-state index contributed by atoms with van der Waals surface area (Å²) in [6, 6.07) is 1.76. The van der Waals surface area contributed by atoms with E-state index in [1.54, 1.807) is 18.5 Å². The van der Waals surface area contributed by atoms with Gasteiger partial charge in [-0.15, -0.1) is 0 Å². The first-order chi connectivity index (χ1) is 10.2. The molecule has 0 spiro atoms. The molecule has 0 N–H and O–H groups in total. The maximum Gasteiger partial charge on any atom is 0.225 e. The maximum absolute atomic E-state index is 12.4. The zero-order valence-corrected chi connectivity index (χ0v) is 12.6. The molecule has 2 aliphatic heterocycles. The molecular weight excluding hydrogens is 292 g/mol. The molecule has 1 atom stereocenters. The van der Waals surface area contributed by atoms with Crippen molar-refractivity contribution in [3.8, 4) is 5.75 Å². The fourth-order valence-electron chi connectivity index (χ4n) is 2.86. The van der Waals surface area contributed by atoms with E-state index >= 15 is 0 Å². The molecule has 3 heterocycles. The molecule has 0 aromatic carbocycles. The van der Waals surface area contributed by atoms with Crippen molar-refractivity contribution >= 4 is 17.5 Å². The second kappa shape index (κ2) is 6.62. The van der Waals surface area contributed by atoms with Gasteiger partial charge in [-0.3, -0.25) is 9.78 Å². The van der Waals surface area contributed by atoms with Gasteiger partial charge in [0.2, 0.25) is 5.91 Å². The van der Waals surface area contributed by atoms with E-state index in [0.717, 1.165) is 25.8 Å². The summed E-state index contributed by atoms with van der Waals surface area (Å²) in [4.78, 5) is 18.3. The third-order valence-corrected chi connectivity index (χ3v) is 4.34. The number of rotatable bonds is 3. The van der Waals surface area contributed by atoms with Crippen LogP contribution >= 0.6 is 11.6 Å². The standard InChI is InChI=1S/C15H19ClN2O3/c16-13-9-17-5-1-14(13)21-12-2-6-18(10-12)15(19)11-3-7-20-8-4-11/h1,5,9,11-12H,2-4,6-8,10H2. The van der Waals surface area contributed by atoms with Crippen LogP contribution in [0.3, 0.4) is 0 Å².